The number of carboxylic acid groups (broad SMARTS) is 2. The van der Waals surface area contributed by atoms with Crippen LogP contribution < -0.4 is 0 Å². The molecule has 0 aromatic heterocycles. The second kappa shape index (κ2) is 8.78. The van der Waals surface area contributed by atoms with Crippen LogP contribution in [0, 0.1) is 5.92 Å². The summed E-state index contributed by atoms with van der Waals surface area (Å²) in [6.07, 6.45) is 3.01. The fraction of sp³-hybridized carbons (Fsp3) is 0.562. The molecule has 0 spiro atoms. The molecule has 0 aliphatic heterocycles. The second-order valence-electron chi connectivity index (χ2n) is 5.48. The molecule has 1 aliphatic carbocycles. The normalized spacial score (nSPS) is 31.4. The predicted octanol–water partition coefficient (Wildman–Crippen LogP) is 3.70. The molecular formula is C16H20Br2O5. The summed E-state index contributed by atoms with van der Waals surface area (Å²) in [4.78, 5) is 34.9. The van der Waals surface area contributed by atoms with Crippen molar-refractivity contribution in [2.45, 2.75) is 49.2 Å². The van der Waals surface area contributed by atoms with E-state index in [2.05, 4.69) is 31.9 Å². The molecule has 0 saturated carbocycles. The lowest BCUT2D eigenvalue weighted by Crippen LogP contribution is -2.30. The fourth-order valence-corrected chi connectivity index (χ4v) is 4.25. The lowest BCUT2D eigenvalue weighted by molar-refractivity contribution is -0.136. The van der Waals surface area contributed by atoms with Crippen LogP contribution in [0.25, 0.3) is 0 Å². The number of ketones is 1. The van der Waals surface area contributed by atoms with Gasteiger partial charge in [-0.05, 0) is 13.3 Å². The van der Waals surface area contributed by atoms with Crippen LogP contribution in [0.15, 0.2) is 22.8 Å². The van der Waals surface area contributed by atoms with Gasteiger partial charge < -0.3 is 10.2 Å². The minimum atomic E-state index is -1.28. The maximum Gasteiger partial charge on any atom is 0.332 e. The fourth-order valence-electron chi connectivity index (χ4n) is 2.79. The van der Waals surface area contributed by atoms with Gasteiger partial charge in [0.1, 0.15) is 5.78 Å². The van der Waals surface area contributed by atoms with Gasteiger partial charge in [-0.15, -0.1) is 0 Å². The summed E-state index contributed by atoms with van der Waals surface area (Å²) >= 11 is 6.74. The molecule has 3 unspecified atom stereocenters. The Morgan fingerprint density at radius 2 is 1.87 bits per heavy atom. The lowest BCUT2D eigenvalue weighted by Gasteiger charge is -2.23. The van der Waals surface area contributed by atoms with Gasteiger partial charge in [0.15, 0.2) is 0 Å². The third-order valence-electron chi connectivity index (χ3n) is 3.98. The van der Waals surface area contributed by atoms with Gasteiger partial charge in [-0.1, -0.05) is 56.9 Å². The molecule has 23 heavy (non-hydrogen) atoms. The van der Waals surface area contributed by atoms with Gasteiger partial charge in [-0.3, -0.25) is 4.79 Å². The molecule has 5 nitrogen and oxygen atoms in total. The molecule has 128 valence electrons. The molecule has 0 radical (unpaired) electrons. The van der Waals surface area contributed by atoms with Gasteiger partial charge in [0.25, 0.3) is 0 Å². The molecule has 2 N–H and O–H groups in total. The van der Waals surface area contributed by atoms with Gasteiger partial charge in [0, 0.05) is 23.6 Å². The Balaban J connectivity index is 3.62. The van der Waals surface area contributed by atoms with Crippen LogP contribution in [-0.2, 0) is 14.4 Å². The summed E-state index contributed by atoms with van der Waals surface area (Å²) in [7, 11) is 0. The first-order valence-electron chi connectivity index (χ1n) is 7.40. The average Bonchev–Trinajstić information content (AvgIpc) is 2.50. The molecule has 0 saturated heterocycles. The van der Waals surface area contributed by atoms with Crippen LogP contribution in [0.5, 0.6) is 0 Å². The standard InChI is InChI=1S/C16H20Br2O5/c1-3-5-9-13(16(22)23)10(15(20)21)6-8(4-2)11(17)7-12(19)14(9)18/h4,9,11,14H,3,5-7H2,1-2H3,(H,20,21)(H,22,23)/b8-4?,13-10-. The largest absolute Gasteiger partial charge is 0.478 e. The number of carbonyl (C=O) groups excluding carboxylic acids is 1. The van der Waals surface area contributed by atoms with E-state index in [1.54, 1.807) is 13.0 Å². The molecule has 3 atom stereocenters. The minimum absolute atomic E-state index is 0.0105. The van der Waals surface area contributed by atoms with Crippen LogP contribution >= 0.6 is 31.9 Å². The van der Waals surface area contributed by atoms with E-state index in [0.29, 0.717) is 18.4 Å². The highest BCUT2D eigenvalue weighted by atomic mass is 79.9. The molecule has 0 amide bonds. The number of halogens is 2. The maximum absolute atomic E-state index is 12.5. The van der Waals surface area contributed by atoms with Gasteiger partial charge in [-0.2, -0.15) is 0 Å². The lowest BCUT2D eigenvalue weighted by atomic mass is 9.85. The van der Waals surface area contributed by atoms with Crippen molar-refractivity contribution in [3.05, 3.63) is 22.8 Å². The highest BCUT2D eigenvalue weighted by Crippen LogP contribution is 2.36. The average molecular weight is 452 g/mol. The Kier molecular flexibility index (Phi) is 7.67. The topological polar surface area (TPSA) is 91.7 Å². The second-order valence-corrected chi connectivity index (χ2v) is 7.57. The number of allylic oxidation sites excluding steroid dienone is 2. The quantitative estimate of drug-likeness (QED) is 0.502. The van der Waals surface area contributed by atoms with Gasteiger partial charge >= 0.3 is 11.9 Å². The molecule has 7 heteroatoms. The van der Waals surface area contributed by atoms with E-state index in [-0.39, 0.29) is 34.6 Å². The summed E-state index contributed by atoms with van der Waals surface area (Å²) in [5.41, 5.74) is 0.384. The summed E-state index contributed by atoms with van der Waals surface area (Å²) < 4.78 is 0. The third-order valence-corrected chi connectivity index (χ3v) is 6.04. The highest BCUT2D eigenvalue weighted by Gasteiger charge is 2.37. The van der Waals surface area contributed by atoms with Gasteiger partial charge in [0.05, 0.1) is 16.0 Å². The molecular weight excluding hydrogens is 432 g/mol. The number of carbonyl (C=O) groups is 3. The van der Waals surface area contributed by atoms with E-state index < -0.39 is 22.7 Å². The number of aliphatic carboxylic acids is 2. The van der Waals surface area contributed by atoms with Crippen LogP contribution in [0.3, 0.4) is 0 Å². The first kappa shape index (κ1) is 20.1. The summed E-state index contributed by atoms with van der Waals surface area (Å²) in [5.74, 6) is -3.32. The van der Waals surface area contributed by atoms with Crippen molar-refractivity contribution in [1.82, 2.24) is 0 Å². The van der Waals surface area contributed by atoms with Crippen molar-refractivity contribution in [1.29, 1.82) is 0 Å². The summed E-state index contributed by atoms with van der Waals surface area (Å²) in [5, 5.41) is 19.1. The highest BCUT2D eigenvalue weighted by molar-refractivity contribution is 9.10. The van der Waals surface area contributed by atoms with E-state index in [1.807, 2.05) is 6.92 Å². The Hall–Kier alpha value is -0.950. The SMILES string of the molecule is CC=C1C/C(C(=O)O)=C(/C(=O)O)C(CCC)C(Br)C(=O)CC1Br. The number of hydrogen-bond acceptors (Lipinski definition) is 3. The van der Waals surface area contributed by atoms with Gasteiger partial charge in [-0.25, -0.2) is 9.59 Å². The minimum Gasteiger partial charge on any atom is -0.478 e. The molecule has 1 aliphatic rings. The Bertz CT molecular complexity index is 565. The van der Waals surface area contributed by atoms with Crippen LogP contribution in [0.4, 0.5) is 0 Å². The van der Waals surface area contributed by atoms with Crippen LogP contribution in [-0.4, -0.2) is 37.6 Å². The summed E-state index contributed by atoms with van der Waals surface area (Å²) in [6, 6.07) is 0. The Morgan fingerprint density at radius 1 is 1.26 bits per heavy atom. The molecule has 1 rings (SSSR count). The molecule has 0 heterocycles. The zero-order valence-corrected chi connectivity index (χ0v) is 16.2. The van der Waals surface area contributed by atoms with Crippen molar-refractivity contribution < 1.29 is 24.6 Å². The molecule has 0 aromatic rings. The summed E-state index contributed by atoms with van der Waals surface area (Å²) in [6.45, 7) is 3.63. The van der Waals surface area contributed by atoms with Crippen LogP contribution in [0.2, 0.25) is 0 Å². The van der Waals surface area contributed by atoms with E-state index in [1.165, 1.54) is 0 Å². The van der Waals surface area contributed by atoms with Crippen molar-refractivity contribution in [2.75, 3.05) is 0 Å². The number of alkyl halides is 2. The Labute approximate surface area is 152 Å². The van der Waals surface area contributed by atoms with E-state index >= 15 is 0 Å². The number of Topliss-reactive ketones (excluding diaryl/α,β-unsaturated/α-hetero) is 1. The first-order valence-corrected chi connectivity index (χ1v) is 9.23. The molecule has 0 bridgehead atoms. The van der Waals surface area contributed by atoms with Gasteiger partial charge in [0.2, 0.25) is 0 Å². The number of hydrogen-bond donors (Lipinski definition) is 2. The predicted molar refractivity (Wildman–Crippen MR) is 94.1 cm³/mol. The molecule has 0 fully saturated rings. The Morgan fingerprint density at radius 3 is 2.30 bits per heavy atom. The molecule has 0 aromatic carbocycles. The smallest absolute Gasteiger partial charge is 0.332 e. The monoisotopic (exact) mass is 450 g/mol. The number of carboxylic acids is 2. The zero-order chi connectivity index (χ0) is 17.7. The van der Waals surface area contributed by atoms with E-state index in [9.17, 15) is 24.6 Å². The zero-order valence-electron chi connectivity index (χ0n) is 13.0. The van der Waals surface area contributed by atoms with E-state index in [0.717, 1.165) is 0 Å². The first-order chi connectivity index (χ1) is 10.7. The third kappa shape index (κ3) is 4.76. The van der Waals surface area contributed by atoms with E-state index in [4.69, 9.17) is 0 Å². The van der Waals surface area contributed by atoms with Crippen LogP contribution in [0.1, 0.15) is 39.5 Å². The maximum atomic E-state index is 12.5. The van der Waals surface area contributed by atoms with Crippen molar-refractivity contribution in [2.24, 2.45) is 5.92 Å². The van der Waals surface area contributed by atoms with Crippen molar-refractivity contribution in [3.8, 4) is 0 Å². The number of rotatable bonds is 4. The van der Waals surface area contributed by atoms with Crippen molar-refractivity contribution >= 4 is 49.6 Å². The van der Waals surface area contributed by atoms with Crippen molar-refractivity contribution in [3.63, 3.8) is 0 Å².